The molecule has 6 nitrogen and oxygen atoms in total. The molecule has 1 aliphatic carbocycles. The molecule has 1 amide bonds. The number of nitrogens with two attached hydrogens (primary N) is 1. The third kappa shape index (κ3) is 3.83. The van der Waals surface area contributed by atoms with E-state index in [1.54, 1.807) is 23.5 Å². The number of rotatable bonds is 4. The van der Waals surface area contributed by atoms with Crippen LogP contribution in [0, 0.1) is 0 Å². The summed E-state index contributed by atoms with van der Waals surface area (Å²) in [7, 11) is 0. The SMILES string of the molecule is CC(NC(=O)c1cccc(-c2cc(N)ncn2)c1)c1nc2c(s1)CCCC2. The monoisotopic (exact) mass is 379 g/mol. The number of nitrogen functional groups attached to an aromatic ring is 1. The predicted molar refractivity (Wildman–Crippen MR) is 107 cm³/mol. The molecule has 0 radical (unpaired) electrons. The van der Waals surface area contributed by atoms with Crippen LogP contribution in [0.3, 0.4) is 0 Å². The number of thiazole rings is 1. The summed E-state index contributed by atoms with van der Waals surface area (Å²) >= 11 is 1.73. The van der Waals surface area contributed by atoms with Gasteiger partial charge < -0.3 is 11.1 Å². The van der Waals surface area contributed by atoms with Gasteiger partial charge in [0.1, 0.15) is 17.2 Å². The van der Waals surface area contributed by atoms with Crippen molar-refractivity contribution in [2.75, 3.05) is 5.73 Å². The van der Waals surface area contributed by atoms with Crippen LogP contribution in [0.4, 0.5) is 5.82 Å². The zero-order valence-electron chi connectivity index (χ0n) is 15.1. The minimum absolute atomic E-state index is 0.119. The summed E-state index contributed by atoms with van der Waals surface area (Å²) < 4.78 is 0. The first kappa shape index (κ1) is 17.6. The average Bonchev–Trinajstić information content (AvgIpc) is 3.12. The molecule has 138 valence electrons. The Morgan fingerprint density at radius 1 is 1.22 bits per heavy atom. The number of hydrogen-bond acceptors (Lipinski definition) is 6. The van der Waals surface area contributed by atoms with Crippen molar-refractivity contribution in [2.24, 2.45) is 0 Å². The Balaban J connectivity index is 1.51. The summed E-state index contributed by atoms with van der Waals surface area (Å²) in [5.41, 5.74) is 9.04. The van der Waals surface area contributed by atoms with E-state index in [4.69, 9.17) is 10.7 Å². The molecule has 3 aromatic rings. The number of carbonyl (C=O) groups is 1. The predicted octanol–water partition coefficient (Wildman–Crippen LogP) is 3.55. The smallest absolute Gasteiger partial charge is 0.251 e. The Kier molecular flexibility index (Phi) is 4.85. The third-order valence-electron chi connectivity index (χ3n) is 4.69. The average molecular weight is 379 g/mol. The standard InChI is InChI=1S/C20H21N5OS/c1-12(20-25-15-7-2-3-8-17(15)27-20)24-19(26)14-6-4-5-13(9-14)16-10-18(21)23-11-22-16/h4-6,9-12H,2-3,7-8H2,1H3,(H,24,26)(H2,21,22,23). The minimum atomic E-state index is -0.125. The molecule has 4 rings (SSSR count). The van der Waals surface area contributed by atoms with Gasteiger partial charge in [-0.1, -0.05) is 12.1 Å². The third-order valence-corrected chi connectivity index (χ3v) is 6.03. The van der Waals surface area contributed by atoms with Gasteiger partial charge in [-0.05, 0) is 44.7 Å². The fourth-order valence-electron chi connectivity index (χ4n) is 3.25. The second kappa shape index (κ2) is 7.44. The van der Waals surface area contributed by atoms with Crippen LogP contribution in [0.15, 0.2) is 36.7 Å². The van der Waals surface area contributed by atoms with E-state index in [0.717, 1.165) is 23.4 Å². The fraction of sp³-hybridized carbons (Fsp3) is 0.300. The molecular formula is C20H21N5OS. The van der Waals surface area contributed by atoms with Crippen molar-refractivity contribution in [2.45, 2.75) is 38.6 Å². The Morgan fingerprint density at radius 3 is 2.89 bits per heavy atom. The summed E-state index contributed by atoms with van der Waals surface area (Å²) in [6.07, 6.45) is 6.02. The van der Waals surface area contributed by atoms with E-state index >= 15 is 0 Å². The molecule has 0 saturated heterocycles. The molecule has 0 fully saturated rings. The molecule has 27 heavy (non-hydrogen) atoms. The summed E-state index contributed by atoms with van der Waals surface area (Å²) in [4.78, 5) is 27.0. The number of hydrogen-bond donors (Lipinski definition) is 2. The zero-order chi connectivity index (χ0) is 18.8. The quantitative estimate of drug-likeness (QED) is 0.723. The maximum absolute atomic E-state index is 12.7. The van der Waals surface area contributed by atoms with E-state index in [9.17, 15) is 4.79 Å². The Bertz CT molecular complexity index is 961. The van der Waals surface area contributed by atoms with Crippen LogP contribution in [0.2, 0.25) is 0 Å². The number of amides is 1. The van der Waals surface area contributed by atoms with Crippen LogP contribution in [-0.2, 0) is 12.8 Å². The van der Waals surface area contributed by atoms with Gasteiger partial charge in [-0.15, -0.1) is 11.3 Å². The second-order valence-corrected chi connectivity index (χ2v) is 7.85. The van der Waals surface area contributed by atoms with E-state index in [1.165, 1.54) is 29.7 Å². The van der Waals surface area contributed by atoms with Crippen molar-refractivity contribution in [3.05, 3.63) is 57.8 Å². The Morgan fingerprint density at radius 2 is 2.07 bits per heavy atom. The molecule has 1 unspecified atom stereocenters. The largest absolute Gasteiger partial charge is 0.384 e. The van der Waals surface area contributed by atoms with E-state index in [0.29, 0.717) is 17.1 Å². The lowest BCUT2D eigenvalue weighted by atomic mass is 10.0. The van der Waals surface area contributed by atoms with Gasteiger partial charge in [-0.25, -0.2) is 15.0 Å². The number of benzene rings is 1. The zero-order valence-corrected chi connectivity index (χ0v) is 15.9. The summed E-state index contributed by atoms with van der Waals surface area (Å²) in [5.74, 6) is 0.274. The molecule has 0 bridgehead atoms. The van der Waals surface area contributed by atoms with Gasteiger partial charge in [0.25, 0.3) is 5.91 Å². The Labute approximate surface area is 161 Å². The van der Waals surface area contributed by atoms with Crippen molar-refractivity contribution >= 4 is 23.1 Å². The highest BCUT2D eigenvalue weighted by molar-refractivity contribution is 7.11. The van der Waals surface area contributed by atoms with Gasteiger partial charge in [0, 0.05) is 22.1 Å². The first-order valence-electron chi connectivity index (χ1n) is 9.07. The highest BCUT2D eigenvalue weighted by atomic mass is 32.1. The number of anilines is 1. The van der Waals surface area contributed by atoms with Crippen LogP contribution >= 0.6 is 11.3 Å². The van der Waals surface area contributed by atoms with Gasteiger partial charge in [0.15, 0.2) is 0 Å². The molecular weight excluding hydrogens is 358 g/mol. The van der Waals surface area contributed by atoms with E-state index in [-0.39, 0.29) is 11.9 Å². The molecule has 1 aromatic carbocycles. The van der Waals surface area contributed by atoms with Crippen molar-refractivity contribution in [1.82, 2.24) is 20.3 Å². The van der Waals surface area contributed by atoms with Crippen molar-refractivity contribution in [3.63, 3.8) is 0 Å². The topological polar surface area (TPSA) is 93.8 Å². The summed E-state index contributed by atoms with van der Waals surface area (Å²) in [6.45, 7) is 1.98. The van der Waals surface area contributed by atoms with Crippen LogP contribution in [-0.4, -0.2) is 20.9 Å². The van der Waals surface area contributed by atoms with Crippen molar-refractivity contribution < 1.29 is 4.79 Å². The number of aromatic nitrogens is 3. The van der Waals surface area contributed by atoms with Crippen LogP contribution in [0.25, 0.3) is 11.3 Å². The van der Waals surface area contributed by atoms with E-state index in [2.05, 4.69) is 15.3 Å². The first-order chi connectivity index (χ1) is 13.1. The minimum Gasteiger partial charge on any atom is -0.384 e. The molecule has 1 aliphatic rings. The van der Waals surface area contributed by atoms with Crippen molar-refractivity contribution in [1.29, 1.82) is 0 Å². The molecule has 2 aromatic heterocycles. The maximum atomic E-state index is 12.7. The van der Waals surface area contributed by atoms with Gasteiger partial charge in [0.05, 0.1) is 17.4 Å². The molecule has 1 atom stereocenters. The molecule has 0 spiro atoms. The molecule has 0 saturated carbocycles. The maximum Gasteiger partial charge on any atom is 0.251 e. The molecule has 3 N–H and O–H groups in total. The second-order valence-electron chi connectivity index (χ2n) is 6.73. The van der Waals surface area contributed by atoms with Gasteiger partial charge in [-0.3, -0.25) is 4.79 Å². The highest BCUT2D eigenvalue weighted by Crippen LogP contribution is 2.30. The van der Waals surface area contributed by atoms with E-state index in [1.807, 2.05) is 25.1 Å². The first-order valence-corrected chi connectivity index (χ1v) is 9.89. The normalized spacial score (nSPS) is 14.4. The number of fused-ring (bicyclic) bond motifs is 1. The highest BCUT2D eigenvalue weighted by Gasteiger charge is 2.20. The van der Waals surface area contributed by atoms with Crippen LogP contribution in [0.5, 0.6) is 0 Å². The van der Waals surface area contributed by atoms with Crippen LogP contribution in [0.1, 0.15) is 51.7 Å². The number of aryl methyl sites for hydroxylation is 2. The molecule has 2 heterocycles. The lowest BCUT2D eigenvalue weighted by molar-refractivity contribution is 0.0940. The fourth-order valence-corrected chi connectivity index (χ4v) is 4.40. The Hall–Kier alpha value is -2.80. The molecule has 0 aliphatic heterocycles. The van der Waals surface area contributed by atoms with E-state index < -0.39 is 0 Å². The lowest BCUT2D eigenvalue weighted by Crippen LogP contribution is -2.26. The number of carbonyl (C=O) groups excluding carboxylic acids is 1. The number of nitrogens with one attached hydrogen (secondary N) is 1. The van der Waals surface area contributed by atoms with Gasteiger partial charge >= 0.3 is 0 Å². The summed E-state index contributed by atoms with van der Waals surface area (Å²) in [6, 6.07) is 8.93. The van der Waals surface area contributed by atoms with Crippen molar-refractivity contribution in [3.8, 4) is 11.3 Å². The summed E-state index contributed by atoms with van der Waals surface area (Å²) in [5, 5.41) is 4.04. The number of nitrogens with zero attached hydrogens (tertiary/aromatic N) is 3. The van der Waals surface area contributed by atoms with Crippen LogP contribution < -0.4 is 11.1 Å². The lowest BCUT2D eigenvalue weighted by Gasteiger charge is -2.12. The van der Waals surface area contributed by atoms with Gasteiger partial charge in [0.2, 0.25) is 0 Å². The van der Waals surface area contributed by atoms with Gasteiger partial charge in [-0.2, -0.15) is 0 Å². The molecule has 7 heteroatoms.